The van der Waals surface area contributed by atoms with Gasteiger partial charge >= 0.3 is 0 Å². The van der Waals surface area contributed by atoms with Crippen molar-refractivity contribution in [1.29, 1.82) is 0 Å². The Morgan fingerprint density at radius 2 is 1.72 bits per heavy atom. The number of likely N-dealkylation sites (N-methyl/N-ethyl adjacent to an activating group) is 1. The maximum atomic E-state index is 12.8. The van der Waals surface area contributed by atoms with Gasteiger partial charge in [-0.3, -0.25) is 0 Å². The van der Waals surface area contributed by atoms with Gasteiger partial charge in [0.15, 0.2) is 0 Å². The molecule has 0 fully saturated rings. The Hall–Kier alpha value is -2.09. The first-order valence-corrected chi connectivity index (χ1v) is 9.30. The van der Waals surface area contributed by atoms with E-state index in [4.69, 9.17) is 9.47 Å². The Balaban J connectivity index is 2.26. The fourth-order valence-corrected chi connectivity index (χ4v) is 3.75. The molecule has 0 spiro atoms. The highest BCUT2D eigenvalue weighted by molar-refractivity contribution is 7.89. The van der Waals surface area contributed by atoms with E-state index in [-0.39, 0.29) is 23.2 Å². The summed E-state index contributed by atoms with van der Waals surface area (Å²) < 4.78 is 38.5. The van der Waals surface area contributed by atoms with Crippen LogP contribution in [0.4, 0.5) is 0 Å². The molecule has 0 amide bonds. The first-order chi connectivity index (χ1) is 11.9. The molecule has 25 heavy (non-hydrogen) atoms. The number of sulfonamides is 1. The second-order valence-corrected chi connectivity index (χ2v) is 7.49. The Labute approximate surface area is 149 Å². The predicted octanol–water partition coefficient (Wildman–Crippen LogP) is 2.29. The average Bonchev–Trinajstić information content (AvgIpc) is 2.61. The minimum Gasteiger partial charge on any atom is -0.497 e. The predicted molar refractivity (Wildman–Crippen MR) is 97.6 cm³/mol. The number of hydrogen-bond donors (Lipinski definition) is 1. The van der Waals surface area contributed by atoms with Gasteiger partial charge in [0.05, 0.1) is 14.2 Å². The van der Waals surface area contributed by atoms with E-state index in [1.807, 2.05) is 49.3 Å². The van der Waals surface area contributed by atoms with E-state index in [0.717, 1.165) is 5.56 Å². The van der Waals surface area contributed by atoms with Crippen molar-refractivity contribution in [3.05, 3.63) is 54.1 Å². The normalized spacial score (nSPS) is 12.8. The summed E-state index contributed by atoms with van der Waals surface area (Å²) in [5.41, 5.74) is 1.04. The molecule has 0 heterocycles. The quantitative estimate of drug-likeness (QED) is 0.778. The zero-order valence-corrected chi connectivity index (χ0v) is 15.7. The van der Waals surface area contributed by atoms with Crippen LogP contribution in [-0.2, 0) is 10.0 Å². The SMILES string of the molecule is COc1ccc(OC)c(S(=O)(=O)NCC(c2ccccc2)N(C)C)c1. The molecular formula is C18H24N2O4S. The van der Waals surface area contributed by atoms with E-state index in [9.17, 15) is 8.42 Å². The van der Waals surface area contributed by atoms with Crippen LogP contribution < -0.4 is 14.2 Å². The molecule has 2 aromatic rings. The highest BCUT2D eigenvalue weighted by Crippen LogP contribution is 2.28. The molecule has 0 saturated heterocycles. The van der Waals surface area contributed by atoms with Gasteiger partial charge in [-0.05, 0) is 31.8 Å². The molecule has 0 saturated carbocycles. The fraction of sp³-hybridized carbons (Fsp3) is 0.333. The van der Waals surface area contributed by atoms with Crippen LogP contribution in [0.15, 0.2) is 53.4 Å². The molecule has 1 unspecified atom stereocenters. The van der Waals surface area contributed by atoms with Crippen molar-refractivity contribution < 1.29 is 17.9 Å². The molecule has 6 nitrogen and oxygen atoms in total. The molecule has 0 aliphatic carbocycles. The van der Waals surface area contributed by atoms with Crippen molar-refractivity contribution in [2.24, 2.45) is 0 Å². The Kier molecular flexibility index (Phi) is 6.41. The number of hydrogen-bond acceptors (Lipinski definition) is 5. The van der Waals surface area contributed by atoms with E-state index in [0.29, 0.717) is 5.75 Å². The minimum absolute atomic E-state index is 0.0555. The Morgan fingerprint density at radius 3 is 2.28 bits per heavy atom. The van der Waals surface area contributed by atoms with Crippen LogP contribution in [0.2, 0.25) is 0 Å². The zero-order valence-electron chi connectivity index (χ0n) is 14.9. The van der Waals surface area contributed by atoms with Gasteiger partial charge < -0.3 is 14.4 Å². The molecule has 0 bridgehead atoms. The van der Waals surface area contributed by atoms with Gasteiger partial charge in [-0.1, -0.05) is 30.3 Å². The van der Waals surface area contributed by atoms with E-state index in [2.05, 4.69) is 4.72 Å². The first kappa shape index (κ1) is 19.2. The summed E-state index contributed by atoms with van der Waals surface area (Å²) in [4.78, 5) is 2.03. The standard InChI is InChI=1S/C18H24N2O4S/c1-20(2)16(14-8-6-5-7-9-14)13-19-25(21,22)18-12-15(23-3)10-11-17(18)24-4/h5-12,16,19H,13H2,1-4H3. The summed E-state index contributed by atoms with van der Waals surface area (Å²) in [6.45, 7) is 0.236. The first-order valence-electron chi connectivity index (χ1n) is 7.82. The third-order valence-electron chi connectivity index (χ3n) is 3.93. The summed E-state index contributed by atoms with van der Waals surface area (Å²) in [6, 6.07) is 14.4. The van der Waals surface area contributed by atoms with Crippen LogP contribution in [0.3, 0.4) is 0 Å². The topological polar surface area (TPSA) is 67.9 Å². The molecule has 2 aromatic carbocycles. The number of nitrogens with zero attached hydrogens (tertiary/aromatic N) is 1. The fourth-order valence-electron chi connectivity index (χ4n) is 2.53. The number of nitrogens with one attached hydrogen (secondary N) is 1. The van der Waals surface area contributed by atoms with Gasteiger partial charge in [-0.15, -0.1) is 0 Å². The molecule has 0 radical (unpaired) electrons. The van der Waals surface area contributed by atoms with Crippen LogP contribution in [0.25, 0.3) is 0 Å². The minimum atomic E-state index is -3.75. The number of rotatable bonds is 8. The number of benzene rings is 2. The largest absolute Gasteiger partial charge is 0.497 e. The summed E-state index contributed by atoms with van der Waals surface area (Å²) in [6.07, 6.45) is 0. The van der Waals surface area contributed by atoms with Crippen molar-refractivity contribution >= 4 is 10.0 Å². The molecule has 0 aliphatic rings. The molecule has 7 heteroatoms. The lowest BCUT2D eigenvalue weighted by Crippen LogP contribution is -2.34. The highest BCUT2D eigenvalue weighted by atomic mass is 32.2. The molecule has 136 valence electrons. The molecule has 0 aliphatic heterocycles. The van der Waals surface area contributed by atoms with Gasteiger partial charge in [-0.25, -0.2) is 13.1 Å². The van der Waals surface area contributed by atoms with Crippen molar-refractivity contribution in [3.8, 4) is 11.5 Å². The monoisotopic (exact) mass is 364 g/mol. The molecule has 2 rings (SSSR count). The van der Waals surface area contributed by atoms with Gasteiger partial charge in [0.1, 0.15) is 16.4 Å². The van der Waals surface area contributed by atoms with Crippen LogP contribution in [0.5, 0.6) is 11.5 Å². The van der Waals surface area contributed by atoms with E-state index in [1.165, 1.54) is 20.3 Å². The van der Waals surface area contributed by atoms with E-state index in [1.54, 1.807) is 12.1 Å². The number of methoxy groups -OCH3 is 2. The van der Waals surface area contributed by atoms with Crippen molar-refractivity contribution in [2.45, 2.75) is 10.9 Å². The van der Waals surface area contributed by atoms with Crippen molar-refractivity contribution in [3.63, 3.8) is 0 Å². The third-order valence-corrected chi connectivity index (χ3v) is 5.38. The highest BCUT2D eigenvalue weighted by Gasteiger charge is 2.23. The van der Waals surface area contributed by atoms with Crippen LogP contribution in [-0.4, -0.2) is 48.2 Å². The Bertz CT molecular complexity index is 792. The summed E-state index contributed by atoms with van der Waals surface area (Å²) in [5.74, 6) is 0.725. The van der Waals surface area contributed by atoms with Crippen molar-refractivity contribution in [2.75, 3.05) is 34.9 Å². The maximum Gasteiger partial charge on any atom is 0.244 e. The van der Waals surface area contributed by atoms with Gasteiger partial charge in [0.25, 0.3) is 0 Å². The molecule has 0 aromatic heterocycles. The summed E-state index contributed by atoms with van der Waals surface area (Å²) >= 11 is 0. The van der Waals surface area contributed by atoms with Gasteiger partial charge in [0.2, 0.25) is 10.0 Å². The summed E-state index contributed by atoms with van der Waals surface area (Å²) in [7, 11) is 3.00. The average molecular weight is 364 g/mol. The second kappa shape index (κ2) is 8.33. The lowest BCUT2D eigenvalue weighted by Gasteiger charge is -2.25. The smallest absolute Gasteiger partial charge is 0.244 e. The van der Waals surface area contributed by atoms with E-state index >= 15 is 0 Å². The Morgan fingerprint density at radius 1 is 1.04 bits per heavy atom. The van der Waals surface area contributed by atoms with E-state index < -0.39 is 10.0 Å². The van der Waals surface area contributed by atoms with Crippen LogP contribution >= 0.6 is 0 Å². The molecule has 1 atom stereocenters. The lowest BCUT2D eigenvalue weighted by atomic mass is 10.1. The van der Waals surface area contributed by atoms with Crippen LogP contribution in [0.1, 0.15) is 11.6 Å². The van der Waals surface area contributed by atoms with Crippen LogP contribution in [0, 0.1) is 0 Å². The second-order valence-electron chi connectivity index (χ2n) is 5.76. The number of ether oxygens (including phenoxy) is 2. The summed E-state index contributed by atoms with van der Waals surface area (Å²) in [5, 5.41) is 0. The molecule has 1 N–H and O–H groups in total. The van der Waals surface area contributed by atoms with Crippen molar-refractivity contribution in [1.82, 2.24) is 9.62 Å². The van der Waals surface area contributed by atoms with Gasteiger partial charge in [0, 0.05) is 18.7 Å². The third kappa shape index (κ3) is 4.72. The maximum absolute atomic E-state index is 12.8. The lowest BCUT2D eigenvalue weighted by molar-refractivity contribution is 0.299. The zero-order chi connectivity index (χ0) is 18.4. The van der Waals surface area contributed by atoms with Gasteiger partial charge in [-0.2, -0.15) is 0 Å². The molecular weight excluding hydrogens is 340 g/mol.